The Hall–Kier alpha value is -0.340. The van der Waals surface area contributed by atoms with Gasteiger partial charge in [0.2, 0.25) is 0 Å². The van der Waals surface area contributed by atoms with E-state index in [9.17, 15) is 0 Å². The molecule has 0 fully saturated rings. The predicted molar refractivity (Wildman–Crippen MR) is 44.2 cm³/mol. The van der Waals surface area contributed by atoms with Gasteiger partial charge < -0.3 is 10.1 Å². The second kappa shape index (κ2) is 6.78. The molecule has 0 aliphatic carbocycles. The maximum atomic E-state index is 5.15. The Kier molecular flexibility index (Phi) is 6.55. The van der Waals surface area contributed by atoms with Crippen LogP contribution < -0.4 is 5.32 Å². The van der Waals surface area contributed by atoms with E-state index in [4.69, 9.17) is 4.74 Å². The van der Waals surface area contributed by atoms with Gasteiger partial charge in [-0.3, -0.25) is 0 Å². The van der Waals surface area contributed by atoms with Crippen LogP contribution in [-0.4, -0.2) is 26.3 Å². The van der Waals surface area contributed by atoms with Gasteiger partial charge in [0, 0.05) is 13.2 Å². The quantitative estimate of drug-likeness (QED) is 0.564. The summed E-state index contributed by atoms with van der Waals surface area (Å²) in [6.07, 6.45) is 0. The molecule has 0 atom stereocenters. The Morgan fingerprint density at radius 3 is 2.70 bits per heavy atom. The number of likely N-dealkylation sites (N-methyl/N-ethyl adjacent to an activating group) is 1. The zero-order valence-corrected chi connectivity index (χ0v) is 6.94. The van der Waals surface area contributed by atoms with Crippen LogP contribution in [-0.2, 0) is 4.74 Å². The number of hydrogen-bond donors (Lipinski definition) is 1. The van der Waals surface area contributed by atoms with Crippen molar-refractivity contribution in [1.82, 2.24) is 5.32 Å². The van der Waals surface area contributed by atoms with Crippen LogP contribution in [0.5, 0.6) is 0 Å². The molecule has 2 heteroatoms. The van der Waals surface area contributed by atoms with Crippen LogP contribution in [0, 0.1) is 0 Å². The van der Waals surface area contributed by atoms with Gasteiger partial charge in [0.05, 0.1) is 6.61 Å². The fourth-order valence-corrected chi connectivity index (χ4v) is 0.599. The van der Waals surface area contributed by atoms with Gasteiger partial charge in [0.25, 0.3) is 0 Å². The summed E-state index contributed by atoms with van der Waals surface area (Å²) in [5, 5.41) is 3.18. The molecule has 0 rings (SSSR count). The molecule has 0 radical (unpaired) electrons. The molecule has 0 unspecified atom stereocenters. The molecule has 0 saturated heterocycles. The molecule has 2 nitrogen and oxygen atoms in total. The number of ether oxygens (including phenoxy) is 1. The zero-order valence-electron chi connectivity index (χ0n) is 6.94. The summed E-state index contributed by atoms with van der Waals surface area (Å²) < 4.78 is 5.15. The number of hydrogen-bond acceptors (Lipinski definition) is 2. The average molecular weight is 143 g/mol. The van der Waals surface area contributed by atoms with E-state index in [-0.39, 0.29) is 0 Å². The van der Waals surface area contributed by atoms with Crippen molar-refractivity contribution in [3.63, 3.8) is 0 Å². The lowest BCUT2D eigenvalue weighted by atomic mass is 10.3. The van der Waals surface area contributed by atoms with Crippen molar-refractivity contribution in [2.45, 2.75) is 13.8 Å². The van der Waals surface area contributed by atoms with E-state index in [1.54, 1.807) is 0 Å². The van der Waals surface area contributed by atoms with Crippen molar-refractivity contribution in [3.05, 3.63) is 12.2 Å². The predicted octanol–water partition coefficient (Wildman–Crippen LogP) is 1.19. The van der Waals surface area contributed by atoms with Gasteiger partial charge in [0.1, 0.15) is 0 Å². The normalized spacial score (nSPS) is 9.80. The molecule has 0 aliphatic rings. The van der Waals surface area contributed by atoms with Crippen molar-refractivity contribution in [1.29, 1.82) is 0 Å². The first-order valence-corrected chi connectivity index (χ1v) is 3.76. The van der Waals surface area contributed by atoms with E-state index in [1.165, 1.54) is 0 Å². The largest absolute Gasteiger partial charge is 0.377 e. The summed E-state index contributed by atoms with van der Waals surface area (Å²) in [5.74, 6) is 0. The molecule has 0 aromatic carbocycles. The molecule has 0 amide bonds. The summed E-state index contributed by atoms with van der Waals surface area (Å²) in [7, 11) is 0. The average Bonchev–Trinajstić information content (AvgIpc) is 1.97. The van der Waals surface area contributed by atoms with E-state index >= 15 is 0 Å². The van der Waals surface area contributed by atoms with Crippen LogP contribution in [0.3, 0.4) is 0 Å². The molecule has 0 aliphatic heterocycles. The third-order valence-corrected chi connectivity index (χ3v) is 1.14. The lowest BCUT2D eigenvalue weighted by molar-refractivity contribution is 0.169. The van der Waals surface area contributed by atoms with E-state index in [0.29, 0.717) is 6.61 Å². The first-order chi connectivity index (χ1) is 4.81. The van der Waals surface area contributed by atoms with Gasteiger partial charge in [-0.25, -0.2) is 0 Å². The Morgan fingerprint density at radius 2 is 2.20 bits per heavy atom. The molecule has 0 heterocycles. The molecule has 60 valence electrons. The standard InChI is InChI=1S/C8H17NO/c1-4-9-6-8(3)7-10-5-2/h9H,3-7H2,1-2H3. The summed E-state index contributed by atoms with van der Waals surface area (Å²) in [5.41, 5.74) is 1.11. The van der Waals surface area contributed by atoms with Gasteiger partial charge >= 0.3 is 0 Å². The molecule has 0 bridgehead atoms. The minimum Gasteiger partial charge on any atom is -0.377 e. The van der Waals surface area contributed by atoms with Crippen LogP contribution >= 0.6 is 0 Å². The van der Waals surface area contributed by atoms with Crippen LogP contribution in [0.15, 0.2) is 12.2 Å². The molecular formula is C8H17NO. The maximum absolute atomic E-state index is 5.15. The van der Waals surface area contributed by atoms with E-state index in [0.717, 1.165) is 25.3 Å². The smallest absolute Gasteiger partial charge is 0.0686 e. The van der Waals surface area contributed by atoms with Crippen molar-refractivity contribution in [2.75, 3.05) is 26.3 Å². The van der Waals surface area contributed by atoms with Crippen molar-refractivity contribution < 1.29 is 4.74 Å². The Morgan fingerprint density at radius 1 is 1.50 bits per heavy atom. The lowest BCUT2D eigenvalue weighted by Crippen LogP contribution is -2.17. The SMILES string of the molecule is C=C(CNCC)COCC. The monoisotopic (exact) mass is 143 g/mol. The van der Waals surface area contributed by atoms with Crippen molar-refractivity contribution in [3.8, 4) is 0 Å². The first kappa shape index (κ1) is 9.66. The van der Waals surface area contributed by atoms with Crippen LogP contribution in [0.4, 0.5) is 0 Å². The third-order valence-electron chi connectivity index (χ3n) is 1.14. The van der Waals surface area contributed by atoms with E-state index < -0.39 is 0 Å². The fourth-order valence-electron chi connectivity index (χ4n) is 0.599. The third kappa shape index (κ3) is 5.79. The highest BCUT2D eigenvalue weighted by Crippen LogP contribution is 1.87. The molecule has 10 heavy (non-hydrogen) atoms. The summed E-state index contributed by atoms with van der Waals surface area (Å²) in [6.45, 7) is 11.2. The van der Waals surface area contributed by atoms with Crippen LogP contribution in [0.2, 0.25) is 0 Å². The summed E-state index contributed by atoms with van der Waals surface area (Å²) in [4.78, 5) is 0. The van der Waals surface area contributed by atoms with E-state index in [1.807, 2.05) is 6.92 Å². The molecule has 0 aromatic heterocycles. The molecular weight excluding hydrogens is 126 g/mol. The van der Waals surface area contributed by atoms with Gasteiger partial charge in [0.15, 0.2) is 0 Å². The second-order valence-electron chi connectivity index (χ2n) is 2.17. The van der Waals surface area contributed by atoms with Gasteiger partial charge in [-0.15, -0.1) is 0 Å². The Bertz CT molecular complexity index is 81.3. The van der Waals surface area contributed by atoms with Gasteiger partial charge in [-0.05, 0) is 19.0 Å². The molecule has 0 aromatic rings. The highest BCUT2D eigenvalue weighted by atomic mass is 16.5. The molecule has 0 spiro atoms. The minimum absolute atomic E-state index is 0.684. The van der Waals surface area contributed by atoms with Crippen molar-refractivity contribution >= 4 is 0 Å². The summed E-state index contributed by atoms with van der Waals surface area (Å²) >= 11 is 0. The second-order valence-corrected chi connectivity index (χ2v) is 2.17. The zero-order chi connectivity index (χ0) is 7.82. The van der Waals surface area contributed by atoms with Gasteiger partial charge in [-0.1, -0.05) is 13.5 Å². The first-order valence-electron chi connectivity index (χ1n) is 3.76. The van der Waals surface area contributed by atoms with Crippen LogP contribution in [0.1, 0.15) is 13.8 Å². The van der Waals surface area contributed by atoms with E-state index in [2.05, 4.69) is 18.8 Å². The number of nitrogens with one attached hydrogen (secondary N) is 1. The maximum Gasteiger partial charge on any atom is 0.0686 e. The van der Waals surface area contributed by atoms with Gasteiger partial charge in [-0.2, -0.15) is 0 Å². The highest BCUT2D eigenvalue weighted by Gasteiger charge is 1.90. The molecule has 1 N–H and O–H groups in total. The Balaban J connectivity index is 3.09. The Labute approximate surface area is 63.3 Å². The highest BCUT2D eigenvalue weighted by molar-refractivity contribution is 4.96. The van der Waals surface area contributed by atoms with Crippen molar-refractivity contribution in [2.24, 2.45) is 0 Å². The topological polar surface area (TPSA) is 21.3 Å². The summed E-state index contributed by atoms with van der Waals surface area (Å²) in [6, 6.07) is 0. The van der Waals surface area contributed by atoms with Crippen LogP contribution in [0.25, 0.3) is 0 Å². The number of rotatable bonds is 6. The molecule has 0 saturated carbocycles. The lowest BCUT2D eigenvalue weighted by Gasteiger charge is -2.04. The fraction of sp³-hybridized carbons (Fsp3) is 0.750. The minimum atomic E-state index is 0.684.